The van der Waals surface area contributed by atoms with Gasteiger partial charge in [0, 0.05) is 29.3 Å². The predicted molar refractivity (Wildman–Crippen MR) is 104 cm³/mol. The number of halogens is 1. The van der Waals surface area contributed by atoms with Gasteiger partial charge in [0.15, 0.2) is 0 Å². The molecule has 5 heteroatoms. The fraction of sp³-hybridized carbons (Fsp3) is 0.190. The van der Waals surface area contributed by atoms with Crippen molar-refractivity contribution >= 4 is 28.6 Å². The van der Waals surface area contributed by atoms with E-state index in [0.29, 0.717) is 5.56 Å². The lowest BCUT2D eigenvalue weighted by Gasteiger charge is -2.29. The van der Waals surface area contributed by atoms with Gasteiger partial charge in [-0.15, -0.1) is 11.3 Å². The summed E-state index contributed by atoms with van der Waals surface area (Å²) in [7, 11) is 0. The Labute approximate surface area is 156 Å². The van der Waals surface area contributed by atoms with Crippen LogP contribution in [0.15, 0.2) is 60.0 Å². The van der Waals surface area contributed by atoms with Crippen LogP contribution in [0.25, 0.3) is 0 Å². The van der Waals surface area contributed by atoms with Gasteiger partial charge in [0.2, 0.25) is 5.91 Å². The Kier molecular flexibility index (Phi) is 4.71. The zero-order valence-corrected chi connectivity index (χ0v) is 15.1. The molecule has 0 spiro atoms. The lowest BCUT2D eigenvalue weighted by Crippen LogP contribution is -2.29. The average molecular weight is 366 g/mol. The van der Waals surface area contributed by atoms with Crippen LogP contribution in [0.5, 0.6) is 0 Å². The third-order valence-corrected chi connectivity index (χ3v) is 5.66. The number of carbonyl (C=O) groups is 1. The summed E-state index contributed by atoms with van der Waals surface area (Å²) in [5.41, 5.74) is 3.68. The summed E-state index contributed by atoms with van der Waals surface area (Å²) in [6.07, 6.45) is 1.11. The average Bonchev–Trinajstić information content (AvgIpc) is 3.12. The number of nitrogens with one attached hydrogen (secondary N) is 1. The minimum atomic E-state index is -0.351. The number of anilines is 2. The second-order valence-electron chi connectivity index (χ2n) is 6.40. The summed E-state index contributed by atoms with van der Waals surface area (Å²) in [6.45, 7) is 1.93. The summed E-state index contributed by atoms with van der Waals surface area (Å²) >= 11 is 1.83. The zero-order chi connectivity index (χ0) is 17.9. The van der Waals surface area contributed by atoms with E-state index in [9.17, 15) is 9.18 Å². The number of rotatable bonds is 4. The first-order valence-electron chi connectivity index (χ1n) is 8.62. The van der Waals surface area contributed by atoms with Gasteiger partial charge in [-0.25, -0.2) is 4.39 Å². The molecule has 0 saturated heterocycles. The highest BCUT2D eigenvalue weighted by molar-refractivity contribution is 7.10. The van der Waals surface area contributed by atoms with Crippen LogP contribution in [0.4, 0.5) is 15.8 Å². The van der Waals surface area contributed by atoms with Crippen molar-refractivity contribution in [3.05, 3.63) is 81.8 Å². The lowest BCUT2D eigenvalue weighted by molar-refractivity contribution is -0.115. The van der Waals surface area contributed by atoms with Gasteiger partial charge in [-0.3, -0.25) is 4.79 Å². The summed E-state index contributed by atoms with van der Waals surface area (Å²) < 4.78 is 13.6. The van der Waals surface area contributed by atoms with Crippen LogP contribution in [0.1, 0.15) is 16.0 Å². The molecular weight excluding hydrogens is 347 g/mol. The van der Waals surface area contributed by atoms with Crippen LogP contribution in [0, 0.1) is 5.82 Å². The molecule has 3 aromatic rings. The maximum atomic E-state index is 13.6. The normalized spacial score (nSPS) is 13.3. The van der Waals surface area contributed by atoms with Crippen molar-refractivity contribution in [2.24, 2.45) is 0 Å². The highest BCUT2D eigenvalue weighted by Gasteiger charge is 2.17. The first-order chi connectivity index (χ1) is 12.7. The van der Waals surface area contributed by atoms with Gasteiger partial charge in [0.25, 0.3) is 0 Å². The van der Waals surface area contributed by atoms with Gasteiger partial charge in [-0.1, -0.05) is 18.2 Å². The van der Waals surface area contributed by atoms with E-state index in [0.717, 1.165) is 30.9 Å². The number of benzene rings is 2. The van der Waals surface area contributed by atoms with Crippen molar-refractivity contribution in [3.8, 4) is 0 Å². The van der Waals surface area contributed by atoms with E-state index in [1.54, 1.807) is 18.2 Å². The summed E-state index contributed by atoms with van der Waals surface area (Å²) in [5.74, 6) is -0.570. The third-order valence-electron chi connectivity index (χ3n) is 4.63. The minimum absolute atomic E-state index is 0.0292. The van der Waals surface area contributed by atoms with E-state index in [1.807, 2.05) is 35.6 Å². The van der Waals surface area contributed by atoms with Crippen LogP contribution in [0.3, 0.4) is 0 Å². The zero-order valence-electron chi connectivity index (χ0n) is 14.2. The van der Waals surface area contributed by atoms with Crippen LogP contribution in [-0.2, 0) is 24.2 Å². The summed E-state index contributed by atoms with van der Waals surface area (Å²) in [6, 6.07) is 16.4. The number of nitrogens with zero attached hydrogens (tertiary/aromatic N) is 1. The fourth-order valence-electron chi connectivity index (χ4n) is 3.24. The number of thiophene rings is 1. The van der Waals surface area contributed by atoms with E-state index < -0.39 is 0 Å². The molecule has 1 aliphatic heterocycles. The molecule has 1 amide bonds. The van der Waals surface area contributed by atoms with E-state index in [4.69, 9.17) is 0 Å². The van der Waals surface area contributed by atoms with E-state index in [-0.39, 0.29) is 18.1 Å². The largest absolute Gasteiger partial charge is 0.367 e. The molecule has 132 valence electrons. The topological polar surface area (TPSA) is 32.3 Å². The molecule has 0 fully saturated rings. The standard InChI is InChI=1S/C21H19FN2OS/c22-19-4-2-1-3-15(19)13-21(25)23-17-5-7-18(8-6-17)24-11-9-20-16(14-24)10-12-26-20/h1-8,10,12H,9,11,13-14H2,(H,23,25). The van der Waals surface area contributed by atoms with Crippen LogP contribution in [-0.4, -0.2) is 12.5 Å². The van der Waals surface area contributed by atoms with Crippen molar-refractivity contribution in [2.45, 2.75) is 19.4 Å². The monoisotopic (exact) mass is 366 g/mol. The number of hydrogen-bond acceptors (Lipinski definition) is 3. The molecule has 1 aliphatic rings. The summed E-state index contributed by atoms with van der Waals surface area (Å²) in [4.78, 5) is 16.0. The Morgan fingerprint density at radius 1 is 1.12 bits per heavy atom. The smallest absolute Gasteiger partial charge is 0.228 e. The first-order valence-corrected chi connectivity index (χ1v) is 9.50. The van der Waals surface area contributed by atoms with Crippen LogP contribution >= 0.6 is 11.3 Å². The Hall–Kier alpha value is -2.66. The molecule has 1 aromatic heterocycles. The summed E-state index contributed by atoms with van der Waals surface area (Å²) in [5, 5.41) is 4.99. The van der Waals surface area contributed by atoms with Gasteiger partial charge in [0.1, 0.15) is 5.82 Å². The Balaban J connectivity index is 1.39. The fourth-order valence-corrected chi connectivity index (χ4v) is 4.13. The van der Waals surface area contributed by atoms with Gasteiger partial charge in [-0.05, 0) is 59.3 Å². The molecule has 0 unspecified atom stereocenters. The van der Waals surface area contributed by atoms with E-state index in [1.165, 1.54) is 16.5 Å². The highest BCUT2D eigenvalue weighted by Crippen LogP contribution is 2.28. The maximum Gasteiger partial charge on any atom is 0.228 e. The first kappa shape index (κ1) is 16.8. The minimum Gasteiger partial charge on any atom is -0.367 e. The maximum absolute atomic E-state index is 13.6. The molecule has 0 radical (unpaired) electrons. The third kappa shape index (κ3) is 3.63. The Morgan fingerprint density at radius 3 is 2.73 bits per heavy atom. The molecule has 1 N–H and O–H groups in total. The van der Waals surface area contributed by atoms with E-state index in [2.05, 4.69) is 21.7 Å². The molecular formula is C21H19FN2OS. The predicted octanol–water partition coefficient (Wildman–Crippen LogP) is 4.63. The molecule has 4 rings (SSSR count). The molecule has 2 aromatic carbocycles. The van der Waals surface area contributed by atoms with Gasteiger partial charge < -0.3 is 10.2 Å². The molecule has 0 atom stereocenters. The molecule has 26 heavy (non-hydrogen) atoms. The van der Waals surface area contributed by atoms with Crippen molar-refractivity contribution < 1.29 is 9.18 Å². The molecule has 0 aliphatic carbocycles. The number of amides is 1. The Morgan fingerprint density at radius 2 is 1.92 bits per heavy atom. The second-order valence-corrected chi connectivity index (χ2v) is 7.40. The highest BCUT2D eigenvalue weighted by atomic mass is 32.1. The van der Waals surface area contributed by atoms with Crippen molar-refractivity contribution in [1.29, 1.82) is 0 Å². The van der Waals surface area contributed by atoms with Gasteiger partial charge in [0.05, 0.1) is 6.42 Å². The molecule has 3 nitrogen and oxygen atoms in total. The van der Waals surface area contributed by atoms with Crippen LogP contribution in [0.2, 0.25) is 0 Å². The van der Waals surface area contributed by atoms with Crippen molar-refractivity contribution in [3.63, 3.8) is 0 Å². The van der Waals surface area contributed by atoms with Crippen molar-refractivity contribution in [2.75, 3.05) is 16.8 Å². The quantitative estimate of drug-likeness (QED) is 0.730. The van der Waals surface area contributed by atoms with Crippen LogP contribution < -0.4 is 10.2 Å². The molecule has 2 heterocycles. The van der Waals surface area contributed by atoms with Gasteiger partial charge >= 0.3 is 0 Å². The molecule has 0 saturated carbocycles. The Bertz CT molecular complexity index is 920. The number of hydrogen-bond donors (Lipinski definition) is 1. The van der Waals surface area contributed by atoms with E-state index >= 15 is 0 Å². The number of fused-ring (bicyclic) bond motifs is 1. The number of carbonyl (C=O) groups excluding carboxylic acids is 1. The molecule has 0 bridgehead atoms. The van der Waals surface area contributed by atoms with Crippen molar-refractivity contribution in [1.82, 2.24) is 0 Å². The second kappa shape index (κ2) is 7.30. The lowest BCUT2D eigenvalue weighted by atomic mass is 10.1. The SMILES string of the molecule is O=C(Cc1ccccc1F)Nc1ccc(N2CCc3sccc3C2)cc1. The van der Waals surface area contributed by atoms with Gasteiger partial charge in [-0.2, -0.15) is 0 Å².